The van der Waals surface area contributed by atoms with Gasteiger partial charge in [0, 0.05) is 19.8 Å². The summed E-state index contributed by atoms with van der Waals surface area (Å²) in [4.78, 5) is 0. The zero-order chi connectivity index (χ0) is 14.8. The minimum absolute atomic E-state index is 0.537. The molecule has 0 atom stereocenters. The molecule has 3 heteroatoms. The first-order valence-electron chi connectivity index (χ1n) is 7.67. The minimum atomic E-state index is 0.537. The van der Waals surface area contributed by atoms with Crippen molar-refractivity contribution in [1.82, 2.24) is 5.32 Å². The standard InChI is InChI=1S/C17H29NO2/c1-5-19-11-6-9-18-10-12-20-17-13-16(14(2)3)8-7-15(17)4/h7-8,13-14,18H,5-6,9-12H2,1-4H3. The van der Waals surface area contributed by atoms with Crippen molar-refractivity contribution in [3.8, 4) is 5.75 Å². The van der Waals surface area contributed by atoms with E-state index < -0.39 is 0 Å². The Morgan fingerprint density at radius 2 is 1.95 bits per heavy atom. The topological polar surface area (TPSA) is 30.5 Å². The molecule has 0 aliphatic rings. The zero-order valence-corrected chi connectivity index (χ0v) is 13.4. The lowest BCUT2D eigenvalue weighted by molar-refractivity contribution is 0.144. The summed E-state index contributed by atoms with van der Waals surface area (Å²) in [7, 11) is 0. The quantitative estimate of drug-likeness (QED) is 0.665. The van der Waals surface area contributed by atoms with Crippen LogP contribution >= 0.6 is 0 Å². The average molecular weight is 279 g/mol. The Bertz CT molecular complexity index is 377. The Morgan fingerprint density at radius 3 is 2.65 bits per heavy atom. The fourth-order valence-electron chi connectivity index (χ4n) is 1.93. The normalized spacial score (nSPS) is 11.1. The van der Waals surface area contributed by atoms with Gasteiger partial charge in [0.15, 0.2) is 0 Å². The van der Waals surface area contributed by atoms with E-state index in [1.54, 1.807) is 0 Å². The Labute approximate surface area is 123 Å². The van der Waals surface area contributed by atoms with Crippen molar-refractivity contribution in [1.29, 1.82) is 0 Å². The van der Waals surface area contributed by atoms with Crippen LogP contribution in [0, 0.1) is 6.92 Å². The molecule has 1 rings (SSSR count). The molecule has 1 aromatic rings. The smallest absolute Gasteiger partial charge is 0.122 e. The van der Waals surface area contributed by atoms with Crippen LogP contribution in [-0.2, 0) is 4.74 Å². The highest BCUT2D eigenvalue weighted by atomic mass is 16.5. The SMILES string of the molecule is CCOCCCNCCOc1cc(C(C)C)ccc1C. The lowest BCUT2D eigenvalue weighted by Crippen LogP contribution is -2.23. The van der Waals surface area contributed by atoms with Crippen molar-refractivity contribution in [3.05, 3.63) is 29.3 Å². The molecular weight excluding hydrogens is 250 g/mol. The summed E-state index contributed by atoms with van der Waals surface area (Å²) in [5.41, 5.74) is 2.53. The van der Waals surface area contributed by atoms with Crippen LogP contribution in [0.1, 0.15) is 44.2 Å². The third kappa shape index (κ3) is 6.40. The fraction of sp³-hybridized carbons (Fsp3) is 0.647. The van der Waals surface area contributed by atoms with E-state index in [0.29, 0.717) is 12.5 Å². The van der Waals surface area contributed by atoms with Crippen LogP contribution in [0.25, 0.3) is 0 Å². The molecule has 114 valence electrons. The molecule has 3 nitrogen and oxygen atoms in total. The maximum absolute atomic E-state index is 5.86. The summed E-state index contributed by atoms with van der Waals surface area (Å²) >= 11 is 0. The third-order valence-corrected chi connectivity index (χ3v) is 3.26. The molecule has 0 heterocycles. The molecule has 0 saturated carbocycles. The molecule has 0 aliphatic heterocycles. The lowest BCUT2D eigenvalue weighted by atomic mass is 10.0. The highest BCUT2D eigenvalue weighted by Gasteiger charge is 2.04. The largest absolute Gasteiger partial charge is 0.492 e. The van der Waals surface area contributed by atoms with Gasteiger partial charge >= 0.3 is 0 Å². The summed E-state index contributed by atoms with van der Waals surface area (Å²) in [6, 6.07) is 6.48. The molecule has 0 radical (unpaired) electrons. The summed E-state index contributed by atoms with van der Waals surface area (Å²) in [6.07, 6.45) is 1.05. The number of nitrogens with one attached hydrogen (secondary N) is 1. The van der Waals surface area contributed by atoms with Crippen LogP contribution in [0.15, 0.2) is 18.2 Å². The zero-order valence-electron chi connectivity index (χ0n) is 13.4. The second kappa shape index (κ2) is 9.78. The maximum Gasteiger partial charge on any atom is 0.122 e. The first kappa shape index (κ1) is 17.0. The molecule has 0 saturated heterocycles. The molecular formula is C17H29NO2. The summed E-state index contributed by atoms with van der Waals surface area (Å²) in [5.74, 6) is 1.54. The average Bonchev–Trinajstić information content (AvgIpc) is 2.43. The van der Waals surface area contributed by atoms with Gasteiger partial charge in [-0.2, -0.15) is 0 Å². The van der Waals surface area contributed by atoms with Crippen molar-refractivity contribution in [3.63, 3.8) is 0 Å². The number of hydrogen-bond acceptors (Lipinski definition) is 3. The molecule has 0 unspecified atom stereocenters. The molecule has 0 spiro atoms. The first-order valence-corrected chi connectivity index (χ1v) is 7.67. The maximum atomic E-state index is 5.86. The fourth-order valence-corrected chi connectivity index (χ4v) is 1.93. The number of hydrogen-bond donors (Lipinski definition) is 1. The molecule has 20 heavy (non-hydrogen) atoms. The monoisotopic (exact) mass is 279 g/mol. The Morgan fingerprint density at radius 1 is 1.15 bits per heavy atom. The molecule has 1 N–H and O–H groups in total. The van der Waals surface area contributed by atoms with Gasteiger partial charge in [0.1, 0.15) is 12.4 Å². The van der Waals surface area contributed by atoms with Crippen molar-refractivity contribution in [2.75, 3.05) is 32.9 Å². The second-order valence-electron chi connectivity index (χ2n) is 5.33. The molecule has 0 aliphatic carbocycles. The van der Waals surface area contributed by atoms with E-state index in [1.807, 2.05) is 6.92 Å². The predicted molar refractivity (Wildman–Crippen MR) is 84.7 cm³/mol. The van der Waals surface area contributed by atoms with Crippen molar-refractivity contribution in [2.24, 2.45) is 0 Å². The van der Waals surface area contributed by atoms with Crippen LogP contribution in [0.3, 0.4) is 0 Å². The van der Waals surface area contributed by atoms with Crippen molar-refractivity contribution in [2.45, 2.75) is 40.0 Å². The van der Waals surface area contributed by atoms with Crippen LogP contribution in [0.5, 0.6) is 5.75 Å². The summed E-state index contributed by atoms with van der Waals surface area (Å²) in [5, 5.41) is 3.37. The molecule has 1 aromatic carbocycles. The van der Waals surface area contributed by atoms with Gasteiger partial charge in [-0.1, -0.05) is 26.0 Å². The van der Waals surface area contributed by atoms with E-state index in [4.69, 9.17) is 9.47 Å². The Hall–Kier alpha value is -1.06. The van der Waals surface area contributed by atoms with Crippen molar-refractivity contribution < 1.29 is 9.47 Å². The van der Waals surface area contributed by atoms with Crippen molar-refractivity contribution >= 4 is 0 Å². The Kier molecular flexibility index (Phi) is 8.31. The summed E-state index contributed by atoms with van der Waals surface area (Å²) in [6.45, 7) is 12.7. The van der Waals surface area contributed by atoms with Gasteiger partial charge in [0.25, 0.3) is 0 Å². The molecule has 0 bridgehead atoms. The first-order chi connectivity index (χ1) is 9.65. The van der Waals surface area contributed by atoms with E-state index in [2.05, 4.69) is 44.3 Å². The molecule has 0 amide bonds. The number of ether oxygens (including phenoxy) is 2. The van der Waals surface area contributed by atoms with Gasteiger partial charge in [-0.15, -0.1) is 0 Å². The van der Waals surface area contributed by atoms with E-state index in [1.165, 1.54) is 11.1 Å². The minimum Gasteiger partial charge on any atom is -0.492 e. The van der Waals surface area contributed by atoms with Gasteiger partial charge in [0.2, 0.25) is 0 Å². The lowest BCUT2D eigenvalue weighted by Gasteiger charge is -2.13. The number of benzene rings is 1. The third-order valence-electron chi connectivity index (χ3n) is 3.26. The van der Waals surface area contributed by atoms with Gasteiger partial charge < -0.3 is 14.8 Å². The van der Waals surface area contributed by atoms with E-state index >= 15 is 0 Å². The van der Waals surface area contributed by atoms with E-state index in [-0.39, 0.29) is 0 Å². The summed E-state index contributed by atoms with van der Waals surface area (Å²) < 4.78 is 11.2. The number of rotatable bonds is 10. The van der Waals surface area contributed by atoms with E-state index in [0.717, 1.165) is 38.5 Å². The second-order valence-corrected chi connectivity index (χ2v) is 5.33. The van der Waals surface area contributed by atoms with Crippen LogP contribution in [0.4, 0.5) is 0 Å². The number of aryl methyl sites for hydroxylation is 1. The highest BCUT2D eigenvalue weighted by Crippen LogP contribution is 2.24. The predicted octanol–water partition coefficient (Wildman–Crippen LogP) is 3.51. The van der Waals surface area contributed by atoms with Gasteiger partial charge in [-0.05, 0) is 49.9 Å². The highest BCUT2D eigenvalue weighted by molar-refractivity contribution is 5.37. The van der Waals surface area contributed by atoms with Crippen LogP contribution in [-0.4, -0.2) is 32.9 Å². The molecule has 0 aromatic heterocycles. The Balaban J connectivity index is 2.23. The van der Waals surface area contributed by atoms with Gasteiger partial charge in [-0.3, -0.25) is 0 Å². The molecule has 0 fully saturated rings. The van der Waals surface area contributed by atoms with Crippen LogP contribution < -0.4 is 10.1 Å². The van der Waals surface area contributed by atoms with Crippen LogP contribution in [0.2, 0.25) is 0 Å². The van der Waals surface area contributed by atoms with Gasteiger partial charge in [0.05, 0.1) is 0 Å². The van der Waals surface area contributed by atoms with Gasteiger partial charge in [-0.25, -0.2) is 0 Å². The van der Waals surface area contributed by atoms with E-state index in [9.17, 15) is 0 Å².